The number of nitrogens with one attached hydrogen (secondary N) is 1. The summed E-state index contributed by atoms with van der Waals surface area (Å²) in [5.41, 5.74) is 1.07. The summed E-state index contributed by atoms with van der Waals surface area (Å²) >= 11 is 0. The Balaban J connectivity index is 1.70. The number of halogens is 1. The van der Waals surface area contributed by atoms with Gasteiger partial charge in [-0.2, -0.15) is 0 Å². The molecule has 1 aromatic carbocycles. The van der Waals surface area contributed by atoms with Crippen LogP contribution in [0.15, 0.2) is 17.1 Å². The summed E-state index contributed by atoms with van der Waals surface area (Å²) in [6.07, 6.45) is 5.64. The molecule has 2 unspecified atom stereocenters. The zero-order valence-corrected chi connectivity index (χ0v) is 15.9. The molecule has 3 aliphatic rings. The molecule has 148 valence electrons. The number of benzene rings is 1. The van der Waals surface area contributed by atoms with E-state index in [2.05, 4.69) is 10.2 Å². The fourth-order valence-corrected chi connectivity index (χ4v) is 5.08. The van der Waals surface area contributed by atoms with Crippen molar-refractivity contribution < 1.29 is 14.3 Å². The third-order valence-corrected chi connectivity index (χ3v) is 6.56. The third-order valence-electron chi connectivity index (χ3n) is 6.56. The second kappa shape index (κ2) is 6.30. The molecule has 0 radical (unpaired) electrons. The van der Waals surface area contributed by atoms with E-state index >= 15 is 4.39 Å². The summed E-state index contributed by atoms with van der Waals surface area (Å²) in [5, 5.41) is 13.1. The zero-order valence-electron chi connectivity index (χ0n) is 15.9. The topological polar surface area (TPSA) is 74.6 Å². The van der Waals surface area contributed by atoms with Crippen molar-refractivity contribution in [2.75, 3.05) is 24.5 Å². The van der Waals surface area contributed by atoms with E-state index in [1.807, 2.05) is 11.5 Å². The first kappa shape index (κ1) is 17.7. The number of rotatable bonds is 3. The molecule has 2 aromatic rings. The van der Waals surface area contributed by atoms with Gasteiger partial charge in [-0.1, -0.05) is 0 Å². The lowest BCUT2D eigenvalue weighted by Gasteiger charge is -2.24. The Morgan fingerprint density at radius 2 is 2.07 bits per heavy atom. The van der Waals surface area contributed by atoms with Crippen LogP contribution in [0.5, 0.6) is 0 Å². The van der Waals surface area contributed by atoms with Gasteiger partial charge in [0.05, 0.1) is 11.2 Å². The molecule has 0 bridgehead atoms. The largest absolute Gasteiger partial charge is 0.477 e. The van der Waals surface area contributed by atoms with Gasteiger partial charge in [-0.3, -0.25) is 4.79 Å². The molecule has 2 saturated heterocycles. The Morgan fingerprint density at radius 1 is 1.29 bits per heavy atom. The lowest BCUT2D eigenvalue weighted by molar-refractivity contribution is 0.0695. The number of carboxylic acids is 1. The van der Waals surface area contributed by atoms with Crippen molar-refractivity contribution in [3.8, 4) is 0 Å². The molecular formula is C21H24FN3O3. The molecule has 2 aliphatic heterocycles. The quantitative estimate of drug-likeness (QED) is 0.850. The van der Waals surface area contributed by atoms with Crippen LogP contribution < -0.4 is 15.6 Å². The Labute approximate surface area is 161 Å². The second-order valence-corrected chi connectivity index (χ2v) is 8.41. The lowest BCUT2D eigenvalue weighted by atomic mass is 9.94. The predicted molar refractivity (Wildman–Crippen MR) is 105 cm³/mol. The molecule has 2 atom stereocenters. The minimum Gasteiger partial charge on any atom is -0.477 e. The van der Waals surface area contributed by atoms with Crippen LogP contribution in [-0.4, -0.2) is 41.3 Å². The summed E-state index contributed by atoms with van der Waals surface area (Å²) in [6, 6.07) is 1.81. The van der Waals surface area contributed by atoms with Crippen molar-refractivity contribution in [3.05, 3.63) is 39.4 Å². The highest BCUT2D eigenvalue weighted by Crippen LogP contribution is 2.41. The van der Waals surface area contributed by atoms with Crippen LogP contribution in [0.25, 0.3) is 10.9 Å². The average molecular weight is 385 g/mol. The SMILES string of the molecule is Cc1c(N2CC3CCCNC3C2)c(F)cc2c(=O)c(C(=O)O)cn(C3CC3)c12. The van der Waals surface area contributed by atoms with Crippen LogP contribution >= 0.6 is 0 Å². The number of aromatic nitrogens is 1. The Hall–Kier alpha value is -2.41. The fraction of sp³-hybridized carbons (Fsp3) is 0.524. The van der Waals surface area contributed by atoms with Crippen LogP contribution in [0.1, 0.15) is 47.6 Å². The van der Waals surface area contributed by atoms with E-state index in [4.69, 9.17) is 0 Å². The zero-order chi connectivity index (χ0) is 19.6. The number of piperidine rings is 1. The van der Waals surface area contributed by atoms with Crippen molar-refractivity contribution in [2.45, 2.75) is 44.7 Å². The number of aryl methyl sites for hydroxylation is 1. The monoisotopic (exact) mass is 385 g/mol. The van der Waals surface area contributed by atoms with E-state index in [1.54, 1.807) is 0 Å². The van der Waals surface area contributed by atoms with E-state index in [9.17, 15) is 14.7 Å². The first-order valence-electron chi connectivity index (χ1n) is 10.0. The van der Waals surface area contributed by atoms with E-state index in [0.29, 0.717) is 23.2 Å². The standard InChI is InChI=1S/C21H24FN3O3/c1-11-18-14(20(26)15(21(27)28)9-25(18)13-4-5-13)7-16(22)19(11)24-8-12-3-2-6-23-17(12)10-24/h7,9,12-13,17,23H,2-6,8,10H2,1H3,(H,27,28). The highest BCUT2D eigenvalue weighted by Gasteiger charge is 2.37. The molecule has 1 saturated carbocycles. The van der Waals surface area contributed by atoms with Gasteiger partial charge >= 0.3 is 5.97 Å². The van der Waals surface area contributed by atoms with E-state index in [-0.39, 0.29) is 17.0 Å². The van der Waals surface area contributed by atoms with Crippen LogP contribution in [0.4, 0.5) is 10.1 Å². The number of aromatic carboxylic acids is 1. The molecule has 2 N–H and O–H groups in total. The number of carbonyl (C=O) groups is 1. The molecule has 0 spiro atoms. The predicted octanol–water partition coefficient (Wildman–Crippen LogP) is 2.67. The molecule has 0 amide bonds. The number of hydrogen-bond acceptors (Lipinski definition) is 4. The maximum atomic E-state index is 15.2. The number of pyridine rings is 1. The van der Waals surface area contributed by atoms with E-state index in [0.717, 1.165) is 50.9 Å². The summed E-state index contributed by atoms with van der Waals surface area (Å²) < 4.78 is 17.1. The number of nitrogens with zero attached hydrogens (tertiary/aromatic N) is 2. The lowest BCUT2D eigenvalue weighted by Crippen LogP contribution is -2.40. The average Bonchev–Trinajstić information content (AvgIpc) is 3.41. The number of anilines is 1. The molecule has 3 fully saturated rings. The van der Waals surface area contributed by atoms with E-state index < -0.39 is 17.2 Å². The minimum absolute atomic E-state index is 0.167. The maximum Gasteiger partial charge on any atom is 0.341 e. The molecule has 5 rings (SSSR count). The van der Waals surface area contributed by atoms with Gasteiger partial charge in [-0.25, -0.2) is 9.18 Å². The number of carboxylic acid groups (broad SMARTS) is 1. The Bertz CT molecular complexity index is 1030. The molecule has 1 aromatic heterocycles. The highest BCUT2D eigenvalue weighted by molar-refractivity contribution is 5.95. The Morgan fingerprint density at radius 3 is 2.75 bits per heavy atom. The van der Waals surface area contributed by atoms with Gasteiger partial charge in [0.25, 0.3) is 0 Å². The van der Waals surface area contributed by atoms with Crippen molar-refractivity contribution in [1.82, 2.24) is 9.88 Å². The molecule has 7 heteroatoms. The maximum absolute atomic E-state index is 15.2. The van der Waals surface area contributed by atoms with Crippen molar-refractivity contribution >= 4 is 22.6 Å². The van der Waals surface area contributed by atoms with Gasteiger partial charge in [0.1, 0.15) is 11.4 Å². The number of fused-ring (bicyclic) bond motifs is 2. The summed E-state index contributed by atoms with van der Waals surface area (Å²) in [7, 11) is 0. The fourth-order valence-electron chi connectivity index (χ4n) is 5.08. The van der Waals surface area contributed by atoms with Gasteiger partial charge in [-0.05, 0) is 56.7 Å². The van der Waals surface area contributed by atoms with Crippen LogP contribution in [0, 0.1) is 18.7 Å². The summed E-state index contributed by atoms with van der Waals surface area (Å²) in [4.78, 5) is 26.4. The molecule has 3 heterocycles. The minimum atomic E-state index is -1.27. The first-order chi connectivity index (χ1) is 13.5. The Kier molecular flexibility index (Phi) is 3.98. The van der Waals surface area contributed by atoms with Gasteiger partial charge in [0.2, 0.25) is 5.43 Å². The van der Waals surface area contributed by atoms with Gasteiger partial charge < -0.3 is 19.9 Å². The molecule has 6 nitrogen and oxygen atoms in total. The molecule has 28 heavy (non-hydrogen) atoms. The van der Waals surface area contributed by atoms with Crippen molar-refractivity contribution in [1.29, 1.82) is 0 Å². The van der Waals surface area contributed by atoms with Crippen LogP contribution in [0.2, 0.25) is 0 Å². The molecule has 1 aliphatic carbocycles. The highest BCUT2D eigenvalue weighted by atomic mass is 19.1. The third kappa shape index (κ3) is 2.64. The summed E-state index contributed by atoms with van der Waals surface area (Å²) in [5.74, 6) is -1.19. The first-order valence-corrected chi connectivity index (χ1v) is 10.0. The van der Waals surface area contributed by atoms with Gasteiger partial charge in [0, 0.05) is 36.8 Å². The van der Waals surface area contributed by atoms with Crippen molar-refractivity contribution in [3.63, 3.8) is 0 Å². The van der Waals surface area contributed by atoms with Gasteiger partial charge in [0.15, 0.2) is 0 Å². The smallest absolute Gasteiger partial charge is 0.341 e. The van der Waals surface area contributed by atoms with Crippen LogP contribution in [0.3, 0.4) is 0 Å². The second-order valence-electron chi connectivity index (χ2n) is 8.41. The number of hydrogen-bond donors (Lipinski definition) is 2. The summed E-state index contributed by atoms with van der Waals surface area (Å²) in [6.45, 7) is 4.43. The van der Waals surface area contributed by atoms with Crippen molar-refractivity contribution in [2.24, 2.45) is 5.92 Å². The van der Waals surface area contributed by atoms with Crippen LogP contribution in [-0.2, 0) is 0 Å². The van der Waals surface area contributed by atoms with E-state index in [1.165, 1.54) is 12.3 Å². The molecular weight excluding hydrogens is 361 g/mol. The van der Waals surface area contributed by atoms with Gasteiger partial charge in [-0.15, -0.1) is 0 Å². The normalized spacial score (nSPS) is 24.6.